The minimum atomic E-state index is -0.475. The van der Waals surface area contributed by atoms with Crippen molar-refractivity contribution >= 4 is 22.7 Å². The monoisotopic (exact) mass is 459 g/mol. The quantitative estimate of drug-likeness (QED) is 0.614. The Morgan fingerprint density at radius 1 is 1.06 bits per heavy atom. The van der Waals surface area contributed by atoms with Crippen LogP contribution in [0, 0.1) is 6.92 Å². The minimum absolute atomic E-state index is 0.0270. The molecular formula is C27H31N4O3+. The fourth-order valence-corrected chi connectivity index (χ4v) is 5.93. The fourth-order valence-electron chi connectivity index (χ4n) is 5.93. The van der Waals surface area contributed by atoms with Crippen LogP contribution in [0.1, 0.15) is 28.4 Å². The molecule has 4 heterocycles. The fraction of sp³-hybridized carbons (Fsp3) is 0.407. The van der Waals surface area contributed by atoms with E-state index in [1.54, 1.807) is 4.90 Å². The van der Waals surface area contributed by atoms with Crippen molar-refractivity contribution < 1.29 is 19.2 Å². The first-order chi connectivity index (χ1) is 16.6. The van der Waals surface area contributed by atoms with Crippen LogP contribution in [0.25, 0.3) is 10.9 Å². The molecule has 2 aromatic carbocycles. The van der Waals surface area contributed by atoms with E-state index in [4.69, 9.17) is 4.74 Å². The zero-order valence-corrected chi connectivity index (χ0v) is 19.5. The molecule has 1 aromatic heterocycles. The first-order valence-electron chi connectivity index (χ1n) is 12.3. The van der Waals surface area contributed by atoms with Crippen molar-refractivity contribution in [3.05, 3.63) is 70.9 Å². The van der Waals surface area contributed by atoms with Crippen molar-refractivity contribution in [1.29, 1.82) is 0 Å². The molecule has 7 nitrogen and oxygen atoms in total. The van der Waals surface area contributed by atoms with Gasteiger partial charge in [0.25, 0.3) is 0 Å². The van der Waals surface area contributed by atoms with Crippen LogP contribution in [0.2, 0.25) is 0 Å². The Hall–Kier alpha value is -3.16. The smallest absolute Gasteiger partial charge is 0.246 e. The molecule has 2 amide bonds. The molecule has 2 N–H and O–H groups in total. The Morgan fingerprint density at radius 3 is 2.65 bits per heavy atom. The second-order valence-electron chi connectivity index (χ2n) is 9.72. The summed E-state index contributed by atoms with van der Waals surface area (Å²) in [7, 11) is 0. The normalized spacial score (nSPS) is 23.3. The molecule has 3 aliphatic heterocycles. The third-order valence-electron chi connectivity index (χ3n) is 7.76. The third kappa shape index (κ3) is 3.51. The molecule has 6 rings (SSSR count). The molecule has 3 aromatic rings. The molecule has 2 atom stereocenters. The Bertz CT molecular complexity index is 1250. The maximum absolute atomic E-state index is 13.8. The average Bonchev–Trinajstić information content (AvgIpc) is 3.24. The van der Waals surface area contributed by atoms with Crippen LogP contribution in [0.15, 0.2) is 48.5 Å². The zero-order valence-electron chi connectivity index (χ0n) is 19.5. The number of fused-ring (bicyclic) bond motifs is 4. The molecule has 0 bridgehead atoms. The van der Waals surface area contributed by atoms with Crippen LogP contribution in [-0.4, -0.2) is 78.6 Å². The van der Waals surface area contributed by atoms with E-state index in [0.717, 1.165) is 66.1 Å². The first kappa shape index (κ1) is 21.4. The molecule has 3 aliphatic rings. The number of nitrogens with one attached hydrogen (secondary N) is 2. The molecule has 0 spiro atoms. The number of rotatable bonds is 4. The molecule has 176 valence electrons. The minimum Gasteiger partial charge on any atom is -0.370 e. The van der Waals surface area contributed by atoms with Crippen molar-refractivity contribution in [1.82, 2.24) is 14.8 Å². The van der Waals surface area contributed by atoms with E-state index in [2.05, 4.69) is 36.2 Å². The Kier molecular flexibility index (Phi) is 5.38. The summed E-state index contributed by atoms with van der Waals surface area (Å²) in [6.07, 6.45) is 0.549. The summed E-state index contributed by atoms with van der Waals surface area (Å²) in [5.41, 5.74) is 5.45. The molecule has 7 heteroatoms. The summed E-state index contributed by atoms with van der Waals surface area (Å²) in [5, 5.41) is 1.14. The highest BCUT2D eigenvalue weighted by Gasteiger charge is 2.48. The van der Waals surface area contributed by atoms with Gasteiger partial charge in [0.05, 0.1) is 32.3 Å². The number of carbonyl (C=O) groups excluding carboxylic acids is 2. The number of morpholine rings is 1. The number of amides is 2. The lowest BCUT2D eigenvalue weighted by molar-refractivity contribution is -0.907. The number of H-pyrrole nitrogens is 1. The van der Waals surface area contributed by atoms with E-state index >= 15 is 0 Å². The van der Waals surface area contributed by atoms with Crippen LogP contribution in [0.4, 0.5) is 0 Å². The number of carbonyl (C=O) groups is 2. The van der Waals surface area contributed by atoms with Gasteiger partial charge in [-0.3, -0.25) is 9.59 Å². The van der Waals surface area contributed by atoms with Crippen LogP contribution in [0.5, 0.6) is 0 Å². The van der Waals surface area contributed by atoms with Gasteiger partial charge in [-0.1, -0.05) is 42.5 Å². The Labute approximate surface area is 199 Å². The van der Waals surface area contributed by atoms with Gasteiger partial charge in [-0.15, -0.1) is 0 Å². The van der Waals surface area contributed by atoms with Gasteiger partial charge in [-0.25, -0.2) is 0 Å². The van der Waals surface area contributed by atoms with Gasteiger partial charge in [0, 0.05) is 23.0 Å². The van der Waals surface area contributed by atoms with E-state index in [0.29, 0.717) is 13.0 Å². The first-order valence-corrected chi connectivity index (χ1v) is 12.3. The summed E-state index contributed by atoms with van der Waals surface area (Å²) >= 11 is 0. The van der Waals surface area contributed by atoms with Crippen LogP contribution < -0.4 is 4.90 Å². The number of aromatic amines is 1. The molecule has 0 unspecified atom stereocenters. The number of quaternary nitrogens is 1. The number of para-hydroxylation sites is 1. The van der Waals surface area contributed by atoms with E-state index < -0.39 is 6.04 Å². The number of benzene rings is 2. The lowest BCUT2D eigenvalue weighted by Gasteiger charge is -2.47. The molecule has 0 radical (unpaired) electrons. The zero-order chi connectivity index (χ0) is 23.2. The SMILES string of the molecule is Cc1ccccc1[C@H]1c2[nH]c3ccccc3c2C[C@H]2C(=O)N(CC[NH+]3CCOCC3)CC(=O)N12. The summed E-state index contributed by atoms with van der Waals surface area (Å²) in [5.74, 6) is 0.0981. The highest BCUT2D eigenvalue weighted by molar-refractivity contribution is 5.97. The third-order valence-corrected chi connectivity index (χ3v) is 7.76. The van der Waals surface area contributed by atoms with E-state index in [1.807, 2.05) is 29.2 Å². The Balaban J connectivity index is 1.38. The summed E-state index contributed by atoms with van der Waals surface area (Å²) in [6.45, 7) is 7.14. The van der Waals surface area contributed by atoms with E-state index in [-0.39, 0.29) is 24.4 Å². The molecule has 0 saturated carbocycles. The van der Waals surface area contributed by atoms with Crippen LogP contribution in [0.3, 0.4) is 0 Å². The molecule has 34 heavy (non-hydrogen) atoms. The Morgan fingerprint density at radius 2 is 1.82 bits per heavy atom. The topological polar surface area (TPSA) is 70.1 Å². The number of hydrogen-bond donors (Lipinski definition) is 2. The molecular weight excluding hydrogens is 428 g/mol. The highest BCUT2D eigenvalue weighted by atomic mass is 16.5. The van der Waals surface area contributed by atoms with Gasteiger partial charge in [-0.05, 0) is 29.7 Å². The summed E-state index contributed by atoms with van der Waals surface area (Å²) in [4.78, 5) is 36.1. The van der Waals surface area contributed by atoms with Crippen molar-refractivity contribution in [2.24, 2.45) is 0 Å². The molecule has 2 fully saturated rings. The molecule has 0 aliphatic carbocycles. The van der Waals surface area contributed by atoms with Gasteiger partial charge in [0.2, 0.25) is 11.8 Å². The van der Waals surface area contributed by atoms with Crippen LogP contribution >= 0.6 is 0 Å². The van der Waals surface area contributed by atoms with Gasteiger partial charge in [0.15, 0.2) is 0 Å². The van der Waals surface area contributed by atoms with Gasteiger partial charge < -0.3 is 24.4 Å². The summed E-state index contributed by atoms with van der Waals surface area (Å²) < 4.78 is 5.46. The van der Waals surface area contributed by atoms with Crippen molar-refractivity contribution in [2.45, 2.75) is 25.4 Å². The number of aryl methyl sites for hydroxylation is 1. The van der Waals surface area contributed by atoms with Gasteiger partial charge >= 0.3 is 0 Å². The second kappa shape index (κ2) is 8.56. The number of nitrogens with zero attached hydrogens (tertiary/aromatic N) is 2. The lowest BCUT2D eigenvalue weighted by Crippen LogP contribution is -3.14. The van der Waals surface area contributed by atoms with Crippen molar-refractivity contribution in [3.63, 3.8) is 0 Å². The number of hydrogen-bond acceptors (Lipinski definition) is 3. The highest BCUT2D eigenvalue weighted by Crippen LogP contribution is 2.43. The number of ether oxygens (including phenoxy) is 1. The van der Waals surface area contributed by atoms with Crippen molar-refractivity contribution in [2.75, 3.05) is 45.9 Å². The largest absolute Gasteiger partial charge is 0.370 e. The van der Waals surface area contributed by atoms with Crippen molar-refractivity contribution in [3.8, 4) is 0 Å². The van der Waals surface area contributed by atoms with Gasteiger partial charge in [-0.2, -0.15) is 0 Å². The maximum atomic E-state index is 13.8. The predicted octanol–water partition coefficient (Wildman–Crippen LogP) is 1.08. The van der Waals surface area contributed by atoms with E-state index in [9.17, 15) is 9.59 Å². The van der Waals surface area contributed by atoms with Gasteiger partial charge in [0.1, 0.15) is 25.7 Å². The molecule has 2 saturated heterocycles. The lowest BCUT2D eigenvalue weighted by atomic mass is 9.85. The summed E-state index contributed by atoms with van der Waals surface area (Å²) in [6, 6.07) is 15.7. The number of aromatic nitrogens is 1. The van der Waals surface area contributed by atoms with E-state index in [1.165, 1.54) is 4.90 Å². The van der Waals surface area contributed by atoms with Crippen LogP contribution in [-0.2, 0) is 20.7 Å². The standard InChI is InChI=1S/C27H30N4O3/c1-18-6-2-3-7-19(18)26-25-21(20-8-4-5-9-22(20)28-25)16-23-27(33)30(17-24(32)31(23)26)11-10-29-12-14-34-15-13-29/h2-9,23,26,28H,10-17H2,1H3/p+1/t23-,26-/m0/s1. The predicted molar refractivity (Wildman–Crippen MR) is 129 cm³/mol. The number of piperazine rings is 1. The second-order valence-corrected chi connectivity index (χ2v) is 9.72. The average molecular weight is 460 g/mol. The maximum Gasteiger partial charge on any atom is 0.246 e.